The second-order valence-electron chi connectivity index (χ2n) is 4.59. The second kappa shape index (κ2) is 6.78. The number of ether oxygens (including phenoxy) is 1. The first kappa shape index (κ1) is 14.2. The monoisotopic (exact) mass is 282 g/mol. The number of hydrogen-bond acceptors (Lipinski definition) is 2. The molecule has 5 heteroatoms. The van der Waals surface area contributed by atoms with Gasteiger partial charge in [0.15, 0.2) is 0 Å². The number of morpholine rings is 1. The van der Waals surface area contributed by atoms with Crippen molar-refractivity contribution in [2.45, 2.75) is 19.4 Å². The van der Waals surface area contributed by atoms with Crippen molar-refractivity contribution >= 4 is 17.6 Å². The van der Waals surface area contributed by atoms with Gasteiger partial charge in [-0.15, -0.1) is 0 Å². The standard InChI is InChI=1S/C14H19ClN2O2/c1-2-7-16-14(18)17-8-9-19-13(10-17)11-3-5-12(15)6-4-11/h3-6,13H,2,7-10H2,1H3,(H,16,18). The van der Waals surface area contributed by atoms with Gasteiger partial charge in [0.1, 0.15) is 6.10 Å². The van der Waals surface area contributed by atoms with Gasteiger partial charge >= 0.3 is 6.03 Å². The molecule has 0 spiro atoms. The molecule has 1 N–H and O–H groups in total. The number of carbonyl (C=O) groups is 1. The molecule has 1 aromatic rings. The summed E-state index contributed by atoms with van der Waals surface area (Å²) in [6.45, 7) is 4.53. The highest BCUT2D eigenvalue weighted by Gasteiger charge is 2.24. The van der Waals surface area contributed by atoms with E-state index in [2.05, 4.69) is 5.32 Å². The highest BCUT2D eigenvalue weighted by Crippen LogP contribution is 2.23. The van der Waals surface area contributed by atoms with Crippen molar-refractivity contribution in [1.82, 2.24) is 10.2 Å². The lowest BCUT2D eigenvalue weighted by atomic mass is 10.1. The Morgan fingerprint density at radius 2 is 2.21 bits per heavy atom. The summed E-state index contributed by atoms with van der Waals surface area (Å²) in [5.41, 5.74) is 1.05. The Bertz CT molecular complexity index is 422. The summed E-state index contributed by atoms with van der Waals surface area (Å²) < 4.78 is 5.72. The van der Waals surface area contributed by atoms with Gasteiger partial charge in [0.25, 0.3) is 0 Å². The lowest BCUT2D eigenvalue weighted by Gasteiger charge is -2.33. The average molecular weight is 283 g/mol. The van der Waals surface area contributed by atoms with E-state index < -0.39 is 0 Å². The minimum atomic E-state index is -0.0709. The quantitative estimate of drug-likeness (QED) is 0.926. The van der Waals surface area contributed by atoms with Crippen LogP contribution in [0.2, 0.25) is 5.02 Å². The third-order valence-electron chi connectivity index (χ3n) is 3.12. The van der Waals surface area contributed by atoms with Crippen LogP contribution in [0, 0.1) is 0 Å². The second-order valence-corrected chi connectivity index (χ2v) is 5.03. The average Bonchev–Trinajstić information content (AvgIpc) is 2.45. The molecule has 1 atom stereocenters. The Labute approximate surface area is 118 Å². The van der Waals surface area contributed by atoms with Crippen molar-refractivity contribution < 1.29 is 9.53 Å². The minimum Gasteiger partial charge on any atom is -0.370 e. The van der Waals surface area contributed by atoms with Crippen LogP contribution in [-0.2, 0) is 4.74 Å². The fourth-order valence-electron chi connectivity index (χ4n) is 2.06. The van der Waals surface area contributed by atoms with Crippen LogP contribution < -0.4 is 5.32 Å². The summed E-state index contributed by atoms with van der Waals surface area (Å²) in [5.74, 6) is 0. The lowest BCUT2D eigenvalue weighted by Crippen LogP contribution is -2.47. The van der Waals surface area contributed by atoms with Gasteiger partial charge < -0.3 is 15.0 Å². The van der Waals surface area contributed by atoms with Crippen molar-refractivity contribution in [3.63, 3.8) is 0 Å². The number of halogens is 1. The molecule has 1 heterocycles. The van der Waals surface area contributed by atoms with E-state index in [0.29, 0.717) is 31.3 Å². The van der Waals surface area contributed by atoms with Crippen LogP contribution in [0.5, 0.6) is 0 Å². The Kier molecular flexibility index (Phi) is 5.05. The van der Waals surface area contributed by atoms with Crippen LogP contribution in [0.3, 0.4) is 0 Å². The van der Waals surface area contributed by atoms with Gasteiger partial charge in [-0.05, 0) is 24.1 Å². The molecule has 19 heavy (non-hydrogen) atoms. The molecule has 1 fully saturated rings. The molecule has 0 bridgehead atoms. The molecule has 4 nitrogen and oxygen atoms in total. The largest absolute Gasteiger partial charge is 0.370 e. The van der Waals surface area contributed by atoms with Gasteiger partial charge in [-0.2, -0.15) is 0 Å². The van der Waals surface area contributed by atoms with Crippen LogP contribution in [0.25, 0.3) is 0 Å². The van der Waals surface area contributed by atoms with E-state index >= 15 is 0 Å². The normalized spacial score (nSPS) is 19.3. The number of hydrogen-bond donors (Lipinski definition) is 1. The third-order valence-corrected chi connectivity index (χ3v) is 3.37. The number of nitrogens with one attached hydrogen (secondary N) is 1. The van der Waals surface area contributed by atoms with Gasteiger partial charge in [0.05, 0.1) is 13.2 Å². The van der Waals surface area contributed by atoms with Crippen LogP contribution >= 0.6 is 11.6 Å². The SMILES string of the molecule is CCCNC(=O)N1CCOC(c2ccc(Cl)cc2)C1. The first-order chi connectivity index (χ1) is 9.20. The third kappa shape index (κ3) is 3.85. The van der Waals surface area contributed by atoms with Crippen LogP contribution in [-0.4, -0.2) is 37.2 Å². The predicted molar refractivity (Wildman–Crippen MR) is 75.4 cm³/mol. The number of carbonyl (C=O) groups excluding carboxylic acids is 1. The highest BCUT2D eigenvalue weighted by molar-refractivity contribution is 6.30. The molecule has 1 saturated heterocycles. The number of benzene rings is 1. The van der Waals surface area contributed by atoms with E-state index in [-0.39, 0.29) is 12.1 Å². The summed E-state index contributed by atoms with van der Waals surface area (Å²) in [6, 6.07) is 7.57. The van der Waals surface area contributed by atoms with Crippen molar-refractivity contribution in [3.05, 3.63) is 34.9 Å². The van der Waals surface area contributed by atoms with E-state index in [9.17, 15) is 4.79 Å². The zero-order valence-corrected chi connectivity index (χ0v) is 11.8. The Morgan fingerprint density at radius 3 is 2.89 bits per heavy atom. The molecular formula is C14H19ClN2O2. The van der Waals surface area contributed by atoms with Gasteiger partial charge in [-0.3, -0.25) is 0 Å². The summed E-state index contributed by atoms with van der Waals surface area (Å²) in [7, 11) is 0. The van der Waals surface area contributed by atoms with E-state index in [0.717, 1.165) is 12.0 Å². The van der Waals surface area contributed by atoms with Crippen LogP contribution in [0.15, 0.2) is 24.3 Å². The molecule has 1 aliphatic heterocycles. The minimum absolute atomic E-state index is 0.0101. The molecule has 104 valence electrons. The summed E-state index contributed by atoms with van der Waals surface area (Å²) in [4.78, 5) is 13.7. The fraction of sp³-hybridized carbons (Fsp3) is 0.500. The summed E-state index contributed by atoms with van der Waals surface area (Å²) in [6.07, 6.45) is 0.870. The van der Waals surface area contributed by atoms with Crippen LogP contribution in [0.1, 0.15) is 25.0 Å². The van der Waals surface area contributed by atoms with Crippen molar-refractivity contribution in [2.75, 3.05) is 26.2 Å². The molecule has 1 unspecified atom stereocenters. The summed E-state index contributed by atoms with van der Waals surface area (Å²) in [5, 5.41) is 3.60. The Balaban J connectivity index is 1.96. The maximum absolute atomic E-state index is 11.9. The first-order valence-corrected chi connectivity index (χ1v) is 6.98. The van der Waals surface area contributed by atoms with Crippen molar-refractivity contribution in [3.8, 4) is 0 Å². The van der Waals surface area contributed by atoms with Crippen molar-refractivity contribution in [2.24, 2.45) is 0 Å². The Morgan fingerprint density at radius 1 is 1.47 bits per heavy atom. The molecule has 0 radical (unpaired) electrons. The van der Waals surface area contributed by atoms with Gasteiger partial charge in [-0.25, -0.2) is 4.79 Å². The maximum atomic E-state index is 11.9. The van der Waals surface area contributed by atoms with E-state index in [4.69, 9.17) is 16.3 Å². The van der Waals surface area contributed by atoms with E-state index in [1.54, 1.807) is 4.90 Å². The zero-order chi connectivity index (χ0) is 13.7. The molecular weight excluding hydrogens is 264 g/mol. The summed E-state index contributed by atoms with van der Waals surface area (Å²) >= 11 is 5.87. The smallest absolute Gasteiger partial charge is 0.317 e. The number of amides is 2. The van der Waals surface area contributed by atoms with Gasteiger partial charge in [0, 0.05) is 18.1 Å². The van der Waals surface area contributed by atoms with E-state index in [1.165, 1.54) is 0 Å². The molecule has 0 aromatic heterocycles. The molecule has 1 aliphatic rings. The first-order valence-electron chi connectivity index (χ1n) is 6.60. The molecule has 1 aromatic carbocycles. The maximum Gasteiger partial charge on any atom is 0.317 e. The van der Waals surface area contributed by atoms with Gasteiger partial charge in [-0.1, -0.05) is 30.7 Å². The lowest BCUT2D eigenvalue weighted by molar-refractivity contribution is -0.0154. The Hall–Kier alpha value is -1.26. The molecule has 0 aliphatic carbocycles. The predicted octanol–water partition coefficient (Wildman–Crippen LogP) is 2.83. The molecule has 0 saturated carbocycles. The fourth-order valence-corrected chi connectivity index (χ4v) is 2.18. The highest BCUT2D eigenvalue weighted by atomic mass is 35.5. The van der Waals surface area contributed by atoms with Crippen molar-refractivity contribution in [1.29, 1.82) is 0 Å². The number of nitrogens with zero attached hydrogens (tertiary/aromatic N) is 1. The zero-order valence-electron chi connectivity index (χ0n) is 11.1. The molecule has 2 rings (SSSR count). The van der Waals surface area contributed by atoms with Crippen LogP contribution in [0.4, 0.5) is 4.79 Å². The number of rotatable bonds is 3. The topological polar surface area (TPSA) is 41.6 Å². The number of urea groups is 1. The molecule has 2 amide bonds. The van der Waals surface area contributed by atoms with Gasteiger partial charge in [0.2, 0.25) is 0 Å². The van der Waals surface area contributed by atoms with E-state index in [1.807, 2.05) is 31.2 Å².